The van der Waals surface area contributed by atoms with E-state index in [4.69, 9.17) is 27.4 Å². The van der Waals surface area contributed by atoms with Gasteiger partial charge in [0.05, 0.1) is 47.8 Å². The third-order valence-electron chi connectivity index (χ3n) is 7.20. The number of hydrazine groups is 1. The number of nitrogens with two attached hydrogens (primary N) is 3. The van der Waals surface area contributed by atoms with Crippen LogP contribution in [0.15, 0.2) is 47.5 Å². The molecule has 1 amide bonds. The van der Waals surface area contributed by atoms with Crippen molar-refractivity contribution < 1.29 is 23.8 Å². The molecule has 5 rings (SSSR count). The van der Waals surface area contributed by atoms with Gasteiger partial charge in [0, 0.05) is 35.0 Å². The van der Waals surface area contributed by atoms with Crippen molar-refractivity contribution in [2.45, 2.75) is 33.5 Å². The maximum Gasteiger partial charge on any atom is 0.506 e. The van der Waals surface area contributed by atoms with Crippen LogP contribution in [0.5, 0.6) is 0 Å². The van der Waals surface area contributed by atoms with Crippen molar-refractivity contribution in [3.63, 3.8) is 0 Å². The summed E-state index contributed by atoms with van der Waals surface area (Å²) in [6, 6.07) is 8.03. The van der Waals surface area contributed by atoms with Crippen LogP contribution in [0.4, 0.5) is 15.0 Å². The number of nitrogens with zero attached hydrogens (tertiary/aromatic N) is 4. The second kappa shape index (κ2) is 11.5. The van der Waals surface area contributed by atoms with E-state index in [-0.39, 0.29) is 37.7 Å². The summed E-state index contributed by atoms with van der Waals surface area (Å²) in [5.41, 5.74) is 16.1. The second-order valence-electron chi connectivity index (χ2n) is 10.1. The van der Waals surface area contributed by atoms with Gasteiger partial charge in [-0.15, -0.1) is 0 Å². The van der Waals surface area contributed by atoms with Crippen molar-refractivity contribution in [3.8, 4) is 11.4 Å². The zero-order valence-corrected chi connectivity index (χ0v) is 23.3. The SMILES string of the molecule is Cc1cc2c(CN(N)/C=C(\N)c3ccc(NC(=O)CN)nc3)c3c(nc2cc1F)-c1cc(C)c(COC(=O)O)c(=O)n1C3. The lowest BCUT2D eigenvalue weighted by Crippen LogP contribution is -2.27. The summed E-state index contributed by atoms with van der Waals surface area (Å²) in [5.74, 6) is 5.93. The van der Waals surface area contributed by atoms with E-state index in [1.165, 1.54) is 28.0 Å². The molecule has 13 nitrogen and oxygen atoms in total. The third kappa shape index (κ3) is 5.73. The Balaban J connectivity index is 1.53. The fourth-order valence-corrected chi connectivity index (χ4v) is 5.01. The monoisotopic (exact) mass is 588 g/mol. The number of benzene rings is 1. The van der Waals surface area contributed by atoms with Gasteiger partial charge in [0.2, 0.25) is 5.91 Å². The van der Waals surface area contributed by atoms with Crippen LogP contribution in [0.25, 0.3) is 28.0 Å². The number of aromatic nitrogens is 3. The van der Waals surface area contributed by atoms with E-state index in [1.54, 1.807) is 38.1 Å². The number of nitrogens with one attached hydrogen (secondary N) is 1. The number of hydrogen-bond acceptors (Lipinski definition) is 10. The van der Waals surface area contributed by atoms with E-state index in [9.17, 15) is 18.8 Å². The molecule has 0 unspecified atom stereocenters. The van der Waals surface area contributed by atoms with Gasteiger partial charge in [-0.25, -0.2) is 25.0 Å². The normalized spacial score (nSPS) is 12.2. The van der Waals surface area contributed by atoms with Crippen LogP contribution in [-0.4, -0.2) is 43.3 Å². The first-order valence-corrected chi connectivity index (χ1v) is 13.1. The highest BCUT2D eigenvalue weighted by atomic mass is 19.1. The first-order chi connectivity index (χ1) is 20.5. The molecule has 4 aromatic rings. The highest BCUT2D eigenvalue weighted by molar-refractivity contribution is 5.91. The zero-order chi connectivity index (χ0) is 31.0. The Kier molecular flexibility index (Phi) is 7.80. The standard InChI is InChI=1S/C29H29FN8O5/c1-14-6-24-27-19(11-38(24)28(40)20(14)13-43-29(41)42)18(17-5-15(2)21(30)7-23(17)35-27)10-37(33)12-22(32)16-3-4-25(34-9-16)36-26(39)8-31/h3-7,9,12H,8,10-11,13,31-33H2,1-2H3,(H,41,42)(H,34,36,39)/b22-12-. The lowest BCUT2D eigenvalue weighted by atomic mass is 9.98. The predicted molar refractivity (Wildman–Crippen MR) is 157 cm³/mol. The summed E-state index contributed by atoms with van der Waals surface area (Å²) >= 11 is 0. The van der Waals surface area contributed by atoms with Gasteiger partial charge < -0.3 is 36.2 Å². The largest absolute Gasteiger partial charge is 0.506 e. The van der Waals surface area contributed by atoms with Crippen molar-refractivity contribution >= 4 is 34.5 Å². The fraction of sp³-hybridized carbons (Fsp3) is 0.207. The Bertz CT molecular complexity index is 1870. The van der Waals surface area contributed by atoms with Crippen molar-refractivity contribution in [3.05, 3.63) is 92.3 Å². The molecule has 222 valence electrons. The number of carbonyl (C=O) groups is 2. The Morgan fingerprint density at radius 3 is 2.65 bits per heavy atom. The predicted octanol–water partition coefficient (Wildman–Crippen LogP) is 2.30. The average Bonchev–Trinajstić information content (AvgIpc) is 3.32. The van der Waals surface area contributed by atoms with Crippen LogP contribution < -0.4 is 28.2 Å². The molecule has 0 radical (unpaired) electrons. The summed E-state index contributed by atoms with van der Waals surface area (Å²) in [5, 5.41) is 13.5. The van der Waals surface area contributed by atoms with Crippen molar-refractivity contribution in [1.82, 2.24) is 19.5 Å². The maximum atomic E-state index is 14.6. The number of amides is 1. The summed E-state index contributed by atoms with van der Waals surface area (Å²) < 4.78 is 20.8. The van der Waals surface area contributed by atoms with Crippen LogP contribution in [-0.2, 0) is 29.2 Å². The van der Waals surface area contributed by atoms with Gasteiger partial charge in [0.15, 0.2) is 0 Å². The molecular weight excluding hydrogens is 559 g/mol. The van der Waals surface area contributed by atoms with Crippen LogP contribution in [0.1, 0.15) is 33.4 Å². The van der Waals surface area contributed by atoms with Crippen molar-refractivity contribution in [2.75, 3.05) is 11.9 Å². The van der Waals surface area contributed by atoms with Gasteiger partial charge in [0.25, 0.3) is 5.56 Å². The van der Waals surface area contributed by atoms with Gasteiger partial charge in [-0.05, 0) is 54.8 Å². The zero-order valence-electron chi connectivity index (χ0n) is 23.3. The summed E-state index contributed by atoms with van der Waals surface area (Å²) in [6.45, 7) is 3.04. The minimum atomic E-state index is -1.49. The number of hydrogen-bond donors (Lipinski definition) is 5. The molecule has 0 spiro atoms. The topological polar surface area (TPSA) is 205 Å². The molecule has 1 aromatic carbocycles. The summed E-state index contributed by atoms with van der Waals surface area (Å²) in [7, 11) is 0. The van der Waals surface area contributed by atoms with Gasteiger partial charge >= 0.3 is 6.16 Å². The Hall–Kier alpha value is -5.34. The molecule has 0 saturated heterocycles. The van der Waals surface area contributed by atoms with Gasteiger partial charge in [-0.3, -0.25) is 9.59 Å². The molecule has 0 aliphatic carbocycles. The number of fused-ring (bicyclic) bond motifs is 4. The molecule has 0 atom stereocenters. The molecule has 14 heteroatoms. The van der Waals surface area contributed by atoms with Gasteiger partial charge in [-0.2, -0.15) is 0 Å². The highest BCUT2D eigenvalue weighted by Gasteiger charge is 2.28. The Morgan fingerprint density at radius 1 is 1.21 bits per heavy atom. The van der Waals surface area contributed by atoms with E-state index in [0.29, 0.717) is 50.5 Å². The number of carboxylic acid groups (broad SMARTS) is 1. The maximum absolute atomic E-state index is 14.6. The fourth-order valence-electron chi connectivity index (χ4n) is 5.01. The molecule has 4 heterocycles. The minimum Gasteiger partial charge on any atom is -0.450 e. The first-order valence-electron chi connectivity index (χ1n) is 13.1. The molecular formula is C29H29FN8O5. The number of anilines is 1. The quantitative estimate of drug-likeness (QED) is 0.101. The molecule has 3 aromatic heterocycles. The van der Waals surface area contributed by atoms with Crippen molar-refractivity contribution in [2.24, 2.45) is 17.3 Å². The van der Waals surface area contributed by atoms with Crippen LogP contribution in [0.3, 0.4) is 0 Å². The second-order valence-corrected chi connectivity index (χ2v) is 10.1. The van der Waals surface area contributed by atoms with Crippen LogP contribution in [0, 0.1) is 19.7 Å². The highest BCUT2D eigenvalue weighted by Crippen LogP contribution is 2.37. The number of pyridine rings is 3. The number of ether oxygens (including phenoxy) is 1. The number of aryl methyl sites for hydroxylation is 2. The summed E-state index contributed by atoms with van der Waals surface area (Å²) in [6.07, 6.45) is 1.51. The lowest BCUT2D eigenvalue weighted by Gasteiger charge is -2.19. The lowest BCUT2D eigenvalue weighted by molar-refractivity contribution is -0.114. The van der Waals surface area contributed by atoms with Crippen molar-refractivity contribution in [1.29, 1.82) is 0 Å². The number of carbonyl (C=O) groups excluding carboxylic acids is 1. The smallest absolute Gasteiger partial charge is 0.450 e. The number of rotatable bonds is 8. The van der Waals surface area contributed by atoms with E-state index in [1.807, 2.05) is 0 Å². The number of halogens is 1. The molecule has 0 saturated carbocycles. The molecule has 1 aliphatic rings. The molecule has 1 aliphatic heterocycles. The molecule has 8 N–H and O–H groups in total. The van der Waals surface area contributed by atoms with Crippen LogP contribution in [0.2, 0.25) is 0 Å². The average molecular weight is 589 g/mol. The van der Waals surface area contributed by atoms with Gasteiger partial charge in [0.1, 0.15) is 18.2 Å². The van der Waals surface area contributed by atoms with E-state index in [2.05, 4.69) is 15.0 Å². The van der Waals surface area contributed by atoms with E-state index in [0.717, 1.165) is 11.1 Å². The Morgan fingerprint density at radius 2 is 1.98 bits per heavy atom. The van der Waals surface area contributed by atoms with E-state index >= 15 is 0 Å². The third-order valence-corrected chi connectivity index (χ3v) is 7.20. The molecule has 43 heavy (non-hydrogen) atoms. The van der Waals surface area contributed by atoms with Crippen LogP contribution >= 0.6 is 0 Å². The first kappa shape index (κ1) is 29.2. The minimum absolute atomic E-state index is 0.127. The van der Waals surface area contributed by atoms with E-state index < -0.39 is 17.5 Å². The van der Waals surface area contributed by atoms with Gasteiger partial charge in [-0.1, -0.05) is 0 Å². The Labute approximate surface area is 244 Å². The summed E-state index contributed by atoms with van der Waals surface area (Å²) in [4.78, 5) is 44.8. The molecule has 0 fully saturated rings. The molecule has 0 bridgehead atoms.